The van der Waals surface area contributed by atoms with Crippen LogP contribution in [0.4, 0.5) is 0 Å². The summed E-state index contributed by atoms with van der Waals surface area (Å²) in [6.45, 7) is 0. The first kappa shape index (κ1) is 9.65. The number of nitrogens with zero attached hydrogens (tertiary/aromatic N) is 1. The molecular weight excluding hydrogens is 220 g/mol. The fourth-order valence-electron chi connectivity index (χ4n) is 0.717. The Morgan fingerprint density at radius 1 is 1.33 bits per heavy atom. The van der Waals surface area contributed by atoms with Crippen molar-refractivity contribution < 1.29 is 5.21 Å². The Bertz CT molecular complexity index is 324. The van der Waals surface area contributed by atoms with Crippen LogP contribution in [0.1, 0.15) is 5.56 Å². The molecule has 5 heteroatoms. The first-order chi connectivity index (χ1) is 5.66. The summed E-state index contributed by atoms with van der Waals surface area (Å²) in [6.07, 6.45) is 0. The Labute approximate surface area is 84.3 Å². The molecule has 1 rings (SSSR count). The van der Waals surface area contributed by atoms with Gasteiger partial charge in [-0.15, -0.1) is 0 Å². The maximum atomic E-state index is 8.36. The lowest BCUT2D eigenvalue weighted by Crippen LogP contribution is -1.92. The van der Waals surface area contributed by atoms with Gasteiger partial charge in [-0.25, -0.2) is 0 Å². The molecule has 0 radical (unpaired) electrons. The first-order valence-electron chi connectivity index (χ1n) is 2.98. The Kier molecular flexibility index (Phi) is 3.20. The molecule has 0 saturated carbocycles. The van der Waals surface area contributed by atoms with Gasteiger partial charge in [0.2, 0.25) is 0 Å². The molecule has 0 bridgehead atoms. The number of halogens is 3. The molecule has 1 N–H and O–H groups in total. The maximum Gasteiger partial charge on any atom is 0.176 e. The van der Waals surface area contributed by atoms with Gasteiger partial charge in [-0.3, -0.25) is 0 Å². The van der Waals surface area contributed by atoms with Crippen molar-refractivity contribution >= 4 is 40.0 Å². The summed E-state index contributed by atoms with van der Waals surface area (Å²) >= 11 is 17.0. The lowest BCUT2D eigenvalue weighted by molar-refractivity contribution is 0.321. The number of benzene rings is 1. The van der Waals surface area contributed by atoms with E-state index >= 15 is 0 Å². The van der Waals surface area contributed by atoms with E-state index in [-0.39, 0.29) is 10.2 Å². The number of rotatable bonds is 1. The molecule has 1 aromatic rings. The average molecular weight is 224 g/mol. The third-order valence-corrected chi connectivity index (χ3v) is 2.36. The highest BCUT2D eigenvalue weighted by Gasteiger charge is 2.08. The Morgan fingerprint density at radius 2 is 2.00 bits per heavy atom. The SMILES string of the molecule is O/N=C(\Cl)c1cccc(Cl)c1Cl. The molecule has 0 spiro atoms. The van der Waals surface area contributed by atoms with Crippen LogP contribution in [0.15, 0.2) is 23.4 Å². The molecule has 12 heavy (non-hydrogen) atoms. The van der Waals surface area contributed by atoms with Crippen LogP contribution < -0.4 is 0 Å². The zero-order chi connectivity index (χ0) is 9.14. The predicted molar refractivity (Wildman–Crippen MR) is 50.6 cm³/mol. The van der Waals surface area contributed by atoms with Crippen LogP contribution in [-0.4, -0.2) is 10.4 Å². The van der Waals surface area contributed by atoms with E-state index in [2.05, 4.69) is 5.16 Å². The van der Waals surface area contributed by atoms with Crippen molar-refractivity contribution in [1.29, 1.82) is 0 Å². The van der Waals surface area contributed by atoms with Gasteiger partial charge in [0.25, 0.3) is 0 Å². The van der Waals surface area contributed by atoms with E-state index in [0.717, 1.165) is 0 Å². The number of hydrogen-bond donors (Lipinski definition) is 1. The van der Waals surface area contributed by atoms with E-state index in [0.29, 0.717) is 10.6 Å². The topological polar surface area (TPSA) is 32.6 Å². The van der Waals surface area contributed by atoms with Crippen LogP contribution in [0, 0.1) is 0 Å². The van der Waals surface area contributed by atoms with Gasteiger partial charge in [0, 0.05) is 5.56 Å². The third kappa shape index (κ3) is 1.83. The Morgan fingerprint density at radius 3 is 2.58 bits per heavy atom. The van der Waals surface area contributed by atoms with E-state index in [9.17, 15) is 0 Å². The highest BCUT2D eigenvalue weighted by molar-refractivity contribution is 6.70. The molecule has 0 heterocycles. The summed E-state index contributed by atoms with van der Waals surface area (Å²) < 4.78 is 0. The van der Waals surface area contributed by atoms with Gasteiger partial charge in [0.1, 0.15) is 0 Å². The second kappa shape index (κ2) is 3.99. The normalized spacial score (nSPS) is 11.8. The molecule has 0 aromatic heterocycles. The molecule has 64 valence electrons. The average Bonchev–Trinajstić information content (AvgIpc) is 2.08. The zero-order valence-electron chi connectivity index (χ0n) is 5.76. The van der Waals surface area contributed by atoms with Crippen LogP contribution >= 0.6 is 34.8 Å². The smallest absolute Gasteiger partial charge is 0.176 e. The first-order valence-corrected chi connectivity index (χ1v) is 4.12. The van der Waals surface area contributed by atoms with Crippen LogP contribution in [0.3, 0.4) is 0 Å². The van der Waals surface area contributed by atoms with Crippen LogP contribution in [0.25, 0.3) is 0 Å². The molecule has 0 amide bonds. The molecule has 0 aliphatic carbocycles. The quantitative estimate of drug-likeness (QED) is 0.443. The van der Waals surface area contributed by atoms with Crippen molar-refractivity contribution in [2.75, 3.05) is 0 Å². The fraction of sp³-hybridized carbons (Fsp3) is 0. The minimum absolute atomic E-state index is 0.0810. The molecular formula is C7H4Cl3NO. The van der Waals surface area contributed by atoms with Crippen LogP contribution in [0.5, 0.6) is 0 Å². The van der Waals surface area contributed by atoms with E-state index < -0.39 is 0 Å². The fourth-order valence-corrected chi connectivity index (χ4v) is 1.31. The minimum Gasteiger partial charge on any atom is -0.410 e. The molecule has 0 aliphatic rings. The van der Waals surface area contributed by atoms with E-state index in [1.54, 1.807) is 18.2 Å². The van der Waals surface area contributed by atoms with Crippen molar-refractivity contribution in [1.82, 2.24) is 0 Å². The van der Waals surface area contributed by atoms with Gasteiger partial charge >= 0.3 is 0 Å². The molecule has 2 nitrogen and oxygen atoms in total. The second-order valence-electron chi connectivity index (χ2n) is 1.99. The van der Waals surface area contributed by atoms with E-state index in [1.807, 2.05) is 0 Å². The summed E-state index contributed by atoms with van der Waals surface area (Å²) in [5.41, 5.74) is 0.410. The van der Waals surface area contributed by atoms with Crippen molar-refractivity contribution in [2.45, 2.75) is 0 Å². The molecule has 0 atom stereocenters. The lowest BCUT2D eigenvalue weighted by atomic mass is 10.2. The predicted octanol–water partition coefficient (Wildman–Crippen LogP) is 3.37. The van der Waals surface area contributed by atoms with Gasteiger partial charge in [-0.05, 0) is 6.07 Å². The van der Waals surface area contributed by atoms with Crippen molar-refractivity contribution in [3.8, 4) is 0 Å². The van der Waals surface area contributed by atoms with Gasteiger partial charge in [-0.2, -0.15) is 0 Å². The minimum atomic E-state index is -0.0810. The van der Waals surface area contributed by atoms with Crippen molar-refractivity contribution in [3.63, 3.8) is 0 Å². The standard InChI is InChI=1S/C7H4Cl3NO/c8-5-3-1-2-4(6(5)9)7(10)11-12/h1-3,12H/b11-7-. The van der Waals surface area contributed by atoms with E-state index in [4.69, 9.17) is 40.0 Å². The Balaban J connectivity index is 3.26. The molecule has 0 saturated heterocycles. The summed E-state index contributed by atoms with van der Waals surface area (Å²) in [5.74, 6) is 0. The highest BCUT2D eigenvalue weighted by Crippen LogP contribution is 2.26. The van der Waals surface area contributed by atoms with Crippen molar-refractivity contribution in [2.24, 2.45) is 5.16 Å². The molecule has 0 aliphatic heterocycles. The Hall–Kier alpha value is -0.440. The van der Waals surface area contributed by atoms with Crippen LogP contribution in [0.2, 0.25) is 10.0 Å². The third-order valence-electron chi connectivity index (χ3n) is 1.26. The summed E-state index contributed by atoms with van der Waals surface area (Å²) in [5, 5.41) is 11.7. The van der Waals surface area contributed by atoms with Gasteiger partial charge in [-0.1, -0.05) is 52.1 Å². The largest absolute Gasteiger partial charge is 0.410 e. The van der Waals surface area contributed by atoms with Crippen LogP contribution in [-0.2, 0) is 0 Å². The number of hydrogen-bond acceptors (Lipinski definition) is 2. The summed E-state index contributed by atoms with van der Waals surface area (Å²) in [4.78, 5) is 0. The zero-order valence-corrected chi connectivity index (χ0v) is 8.03. The van der Waals surface area contributed by atoms with Crippen molar-refractivity contribution in [3.05, 3.63) is 33.8 Å². The highest BCUT2D eigenvalue weighted by atomic mass is 35.5. The monoisotopic (exact) mass is 223 g/mol. The molecule has 0 unspecified atom stereocenters. The molecule has 0 fully saturated rings. The van der Waals surface area contributed by atoms with Gasteiger partial charge in [0.05, 0.1) is 10.0 Å². The van der Waals surface area contributed by atoms with E-state index in [1.165, 1.54) is 0 Å². The summed E-state index contributed by atoms with van der Waals surface area (Å²) in [7, 11) is 0. The lowest BCUT2D eigenvalue weighted by Gasteiger charge is -2.00. The molecule has 1 aromatic carbocycles. The van der Waals surface area contributed by atoms with Gasteiger partial charge < -0.3 is 5.21 Å². The number of oxime groups is 1. The maximum absolute atomic E-state index is 8.36. The van der Waals surface area contributed by atoms with Gasteiger partial charge in [0.15, 0.2) is 5.17 Å². The summed E-state index contributed by atoms with van der Waals surface area (Å²) in [6, 6.07) is 4.89. The second-order valence-corrected chi connectivity index (χ2v) is 3.14.